The van der Waals surface area contributed by atoms with Crippen molar-refractivity contribution in [1.29, 1.82) is 0 Å². The highest BCUT2D eigenvalue weighted by Crippen LogP contribution is 2.37. The number of ether oxygens (including phenoxy) is 1. The van der Waals surface area contributed by atoms with Crippen LogP contribution in [0.1, 0.15) is 31.2 Å². The summed E-state index contributed by atoms with van der Waals surface area (Å²) in [6, 6.07) is 6.29. The van der Waals surface area contributed by atoms with Crippen LogP contribution in [0.5, 0.6) is 5.75 Å². The van der Waals surface area contributed by atoms with Crippen molar-refractivity contribution in [1.82, 2.24) is 5.32 Å². The average Bonchev–Trinajstić information content (AvgIpc) is 2.39. The minimum atomic E-state index is 0.644. The van der Waals surface area contributed by atoms with Crippen LogP contribution in [-0.4, -0.2) is 20.2 Å². The molecule has 94 valence electrons. The van der Waals surface area contributed by atoms with E-state index in [2.05, 4.69) is 40.3 Å². The highest BCUT2D eigenvalue weighted by molar-refractivity contribution is 9.10. The second-order valence-electron chi connectivity index (χ2n) is 4.66. The molecule has 0 spiro atoms. The fraction of sp³-hybridized carbons (Fsp3) is 0.571. The zero-order valence-corrected chi connectivity index (χ0v) is 12.1. The minimum absolute atomic E-state index is 0.644. The Morgan fingerprint density at radius 3 is 3.00 bits per heavy atom. The summed E-state index contributed by atoms with van der Waals surface area (Å²) in [5.41, 5.74) is 1.40. The molecule has 17 heavy (non-hydrogen) atoms. The van der Waals surface area contributed by atoms with Gasteiger partial charge in [-0.15, -0.1) is 0 Å². The summed E-state index contributed by atoms with van der Waals surface area (Å²) in [6.45, 7) is 4.52. The van der Waals surface area contributed by atoms with Gasteiger partial charge < -0.3 is 10.1 Å². The van der Waals surface area contributed by atoms with Gasteiger partial charge in [0.15, 0.2) is 0 Å². The molecule has 0 saturated carbocycles. The first-order chi connectivity index (χ1) is 8.26. The molecule has 1 aromatic rings. The van der Waals surface area contributed by atoms with E-state index in [1.165, 1.54) is 22.9 Å². The number of nitrogens with one attached hydrogen (secondary N) is 1. The Hall–Kier alpha value is -0.540. The SMILES string of the molecule is CCC1CNCCC1c1cc(OC)ccc1Br. The molecule has 1 N–H and O–H groups in total. The van der Waals surface area contributed by atoms with Crippen LogP contribution in [-0.2, 0) is 0 Å². The van der Waals surface area contributed by atoms with E-state index in [4.69, 9.17) is 4.74 Å². The van der Waals surface area contributed by atoms with Crippen molar-refractivity contribution in [3.8, 4) is 5.75 Å². The van der Waals surface area contributed by atoms with Crippen LogP contribution in [0.15, 0.2) is 22.7 Å². The van der Waals surface area contributed by atoms with Gasteiger partial charge in [0.05, 0.1) is 7.11 Å². The van der Waals surface area contributed by atoms with E-state index >= 15 is 0 Å². The Balaban J connectivity index is 2.30. The van der Waals surface area contributed by atoms with Crippen molar-refractivity contribution in [2.24, 2.45) is 5.92 Å². The molecule has 2 atom stereocenters. The summed E-state index contributed by atoms with van der Waals surface area (Å²) in [5, 5.41) is 3.49. The summed E-state index contributed by atoms with van der Waals surface area (Å²) in [6.07, 6.45) is 2.44. The first-order valence-electron chi connectivity index (χ1n) is 6.30. The van der Waals surface area contributed by atoms with E-state index in [-0.39, 0.29) is 0 Å². The second kappa shape index (κ2) is 5.87. The monoisotopic (exact) mass is 297 g/mol. The summed E-state index contributed by atoms with van der Waals surface area (Å²) in [7, 11) is 1.73. The molecule has 0 bridgehead atoms. The molecule has 1 saturated heterocycles. The van der Waals surface area contributed by atoms with Crippen molar-refractivity contribution in [3.05, 3.63) is 28.2 Å². The maximum absolute atomic E-state index is 5.33. The van der Waals surface area contributed by atoms with Gasteiger partial charge in [-0.3, -0.25) is 0 Å². The molecule has 2 nitrogen and oxygen atoms in total. The van der Waals surface area contributed by atoms with E-state index < -0.39 is 0 Å². The Morgan fingerprint density at radius 1 is 1.47 bits per heavy atom. The molecule has 0 aliphatic carbocycles. The van der Waals surface area contributed by atoms with E-state index in [0.29, 0.717) is 5.92 Å². The van der Waals surface area contributed by atoms with Crippen molar-refractivity contribution in [2.75, 3.05) is 20.2 Å². The Labute approximate surface area is 112 Å². The molecule has 3 heteroatoms. The average molecular weight is 298 g/mol. The largest absolute Gasteiger partial charge is 0.497 e. The van der Waals surface area contributed by atoms with Crippen molar-refractivity contribution in [2.45, 2.75) is 25.7 Å². The van der Waals surface area contributed by atoms with E-state index in [9.17, 15) is 0 Å². The third kappa shape index (κ3) is 2.83. The summed E-state index contributed by atoms with van der Waals surface area (Å²) >= 11 is 3.68. The molecule has 1 fully saturated rings. The summed E-state index contributed by atoms with van der Waals surface area (Å²) in [5.74, 6) is 2.33. The zero-order chi connectivity index (χ0) is 12.3. The first-order valence-corrected chi connectivity index (χ1v) is 7.09. The maximum atomic E-state index is 5.33. The molecule has 1 aliphatic rings. The van der Waals surface area contributed by atoms with Gasteiger partial charge in [0.1, 0.15) is 5.75 Å². The lowest BCUT2D eigenvalue weighted by Crippen LogP contribution is -2.35. The van der Waals surface area contributed by atoms with Crippen LogP contribution in [0.2, 0.25) is 0 Å². The highest BCUT2D eigenvalue weighted by Gasteiger charge is 2.26. The maximum Gasteiger partial charge on any atom is 0.119 e. The molecule has 1 heterocycles. The van der Waals surface area contributed by atoms with Crippen LogP contribution >= 0.6 is 15.9 Å². The molecule has 2 rings (SSSR count). The van der Waals surface area contributed by atoms with Crippen LogP contribution in [0.25, 0.3) is 0 Å². The van der Waals surface area contributed by atoms with Crippen molar-refractivity contribution < 1.29 is 4.74 Å². The minimum Gasteiger partial charge on any atom is -0.497 e. The van der Waals surface area contributed by atoms with Gasteiger partial charge in [-0.05, 0) is 55.1 Å². The number of methoxy groups -OCH3 is 1. The molecular formula is C14H20BrNO. The molecule has 1 aliphatic heterocycles. The topological polar surface area (TPSA) is 21.3 Å². The smallest absolute Gasteiger partial charge is 0.119 e. The van der Waals surface area contributed by atoms with Crippen LogP contribution in [0.3, 0.4) is 0 Å². The number of rotatable bonds is 3. The molecule has 0 amide bonds. The Morgan fingerprint density at radius 2 is 2.29 bits per heavy atom. The summed E-state index contributed by atoms with van der Waals surface area (Å²) < 4.78 is 6.54. The number of piperidine rings is 1. The molecule has 0 aromatic heterocycles. The van der Waals surface area contributed by atoms with Gasteiger partial charge in [-0.2, -0.15) is 0 Å². The number of hydrogen-bond acceptors (Lipinski definition) is 2. The van der Waals surface area contributed by atoms with E-state index in [0.717, 1.165) is 24.8 Å². The van der Waals surface area contributed by atoms with Gasteiger partial charge in [-0.25, -0.2) is 0 Å². The van der Waals surface area contributed by atoms with Crippen molar-refractivity contribution >= 4 is 15.9 Å². The van der Waals surface area contributed by atoms with Crippen molar-refractivity contribution in [3.63, 3.8) is 0 Å². The lowest BCUT2D eigenvalue weighted by atomic mass is 9.80. The van der Waals surface area contributed by atoms with E-state index in [1.807, 2.05) is 6.07 Å². The predicted molar refractivity (Wildman–Crippen MR) is 74.7 cm³/mol. The van der Waals surface area contributed by atoms with Gasteiger partial charge in [0, 0.05) is 4.47 Å². The predicted octanol–water partition coefficient (Wildman–Crippen LogP) is 3.56. The number of benzene rings is 1. The fourth-order valence-electron chi connectivity index (χ4n) is 2.69. The van der Waals surface area contributed by atoms with Crippen LogP contribution < -0.4 is 10.1 Å². The molecule has 2 unspecified atom stereocenters. The third-order valence-corrected chi connectivity index (χ3v) is 4.46. The van der Waals surface area contributed by atoms with Gasteiger partial charge >= 0.3 is 0 Å². The lowest BCUT2D eigenvalue weighted by Gasteiger charge is -2.32. The molecule has 0 radical (unpaired) electrons. The van der Waals surface area contributed by atoms with Gasteiger partial charge in [0.25, 0.3) is 0 Å². The Bertz CT molecular complexity index is 380. The number of hydrogen-bond donors (Lipinski definition) is 1. The van der Waals surface area contributed by atoms with Crippen LogP contribution in [0, 0.1) is 5.92 Å². The van der Waals surface area contributed by atoms with Gasteiger partial charge in [0.2, 0.25) is 0 Å². The van der Waals surface area contributed by atoms with Gasteiger partial charge in [-0.1, -0.05) is 29.3 Å². The second-order valence-corrected chi connectivity index (χ2v) is 5.51. The lowest BCUT2D eigenvalue weighted by molar-refractivity contribution is 0.316. The zero-order valence-electron chi connectivity index (χ0n) is 10.5. The van der Waals surface area contributed by atoms with E-state index in [1.54, 1.807) is 7.11 Å². The summed E-state index contributed by atoms with van der Waals surface area (Å²) in [4.78, 5) is 0. The normalized spacial score (nSPS) is 24.6. The third-order valence-electron chi connectivity index (χ3n) is 3.73. The highest BCUT2D eigenvalue weighted by atomic mass is 79.9. The molecular weight excluding hydrogens is 278 g/mol. The quantitative estimate of drug-likeness (QED) is 0.921. The Kier molecular flexibility index (Phi) is 4.46. The fourth-order valence-corrected chi connectivity index (χ4v) is 3.23. The van der Waals surface area contributed by atoms with Crippen LogP contribution in [0.4, 0.5) is 0 Å². The standard InChI is InChI=1S/C14H20BrNO/c1-3-10-9-16-7-6-12(10)13-8-11(17-2)4-5-14(13)15/h4-5,8,10,12,16H,3,6-7,9H2,1-2H3. The first kappa shape index (κ1) is 12.9. The molecule has 1 aromatic carbocycles. The number of halogens is 1.